The van der Waals surface area contributed by atoms with E-state index in [2.05, 4.69) is 13.2 Å². The van der Waals surface area contributed by atoms with Gasteiger partial charge in [0.1, 0.15) is 17.6 Å². The second-order valence-electron chi connectivity index (χ2n) is 11.8. The van der Waals surface area contributed by atoms with Crippen molar-refractivity contribution >= 4 is 35.1 Å². The molecule has 0 aliphatic carbocycles. The van der Waals surface area contributed by atoms with Crippen LogP contribution in [0.4, 0.5) is 5.69 Å². The van der Waals surface area contributed by atoms with Crippen LogP contribution in [-0.2, 0) is 23.9 Å². The number of nitrogens with zero attached hydrogens (tertiary/aromatic N) is 2. The van der Waals surface area contributed by atoms with Crippen LogP contribution in [0.5, 0.6) is 0 Å². The first-order valence-electron chi connectivity index (χ1n) is 14.6. The van der Waals surface area contributed by atoms with E-state index in [-0.39, 0.29) is 37.5 Å². The highest BCUT2D eigenvalue weighted by Crippen LogP contribution is 2.64. The molecule has 3 saturated heterocycles. The predicted octanol–water partition coefficient (Wildman–Crippen LogP) is 4.85. The van der Waals surface area contributed by atoms with Crippen LogP contribution in [0.2, 0.25) is 5.02 Å². The Balaban J connectivity index is 1.84. The number of hydrogen-bond donors (Lipinski definition) is 1. The predicted molar refractivity (Wildman–Crippen MR) is 159 cm³/mol. The minimum absolute atomic E-state index is 0.110. The molecule has 224 valence electrons. The second kappa shape index (κ2) is 12.3. The standard InChI is InChI=1S/C32H43ClN2O6/c1-7-10-11-18-40-30(39)25-24-28(37)35(23(19-36)20(4)9-3)27(32(24)16-15-31(25,6)41-32)29(38)34(17-8-2)26-21(5)13-12-14-22(26)33/h7-8,12-14,20,23-25,27,36H,1-2,9-11,15-19H2,3-6H3/t20-,23-,24-,25-,27?,31+,32?/m0/s1. The zero-order valence-corrected chi connectivity index (χ0v) is 25.4. The maximum absolute atomic E-state index is 14.8. The topological polar surface area (TPSA) is 96.4 Å². The Morgan fingerprint density at radius 3 is 2.66 bits per heavy atom. The van der Waals surface area contributed by atoms with Gasteiger partial charge in [-0.15, -0.1) is 13.2 Å². The molecule has 3 fully saturated rings. The van der Waals surface area contributed by atoms with Gasteiger partial charge in [0.25, 0.3) is 5.91 Å². The normalized spacial score (nSPS) is 29.7. The molecule has 0 aromatic heterocycles. The molecule has 2 unspecified atom stereocenters. The number of unbranched alkanes of at least 4 members (excludes halogenated alkanes) is 1. The molecule has 9 heteroatoms. The zero-order valence-electron chi connectivity index (χ0n) is 24.6. The van der Waals surface area contributed by atoms with Gasteiger partial charge in [0.15, 0.2) is 0 Å². The molecule has 0 saturated carbocycles. The highest BCUT2D eigenvalue weighted by atomic mass is 35.5. The fourth-order valence-electron chi connectivity index (χ4n) is 7.20. The van der Waals surface area contributed by atoms with E-state index in [1.165, 1.54) is 4.90 Å². The molecule has 1 aromatic carbocycles. The SMILES string of the molecule is C=CCCCOC(=O)[C@@H]1[C@H]2C(=O)N([C@@H](CO)[C@@H](C)CC)C(C(=O)N(CC=C)c3c(C)cccc3Cl)C23CC[C@@]1(C)O3. The van der Waals surface area contributed by atoms with Crippen LogP contribution in [0.15, 0.2) is 43.5 Å². The average molecular weight is 587 g/mol. The smallest absolute Gasteiger partial charge is 0.312 e. The number of halogens is 1. The lowest BCUT2D eigenvalue weighted by Crippen LogP contribution is -2.60. The summed E-state index contributed by atoms with van der Waals surface area (Å²) in [4.78, 5) is 46.0. The Morgan fingerprint density at radius 1 is 1.32 bits per heavy atom. The van der Waals surface area contributed by atoms with Gasteiger partial charge in [-0.25, -0.2) is 0 Å². The molecular formula is C32H43ClN2O6. The first-order valence-corrected chi connectivity index (χ1v) is 15.0. The number of rotatable bonds is 13. The minimum Gasteiger partial charge on any atom is -0.465 e. The molecule has 8 nitrogen and oxygen atoms in total. The summed E-state index contributed by atoms with van der Waals surface area (Å²) in [6, 6.07) is 3.70. The van der Waals surface area contributed by atoms with Gasteiger partial charge in [0, 0.05) is 6.54 Å². The highest BCUT2D eigenvalue weighted by molar-refractivity contribution is 6.34. The number of aliphatic hydroxyl groups is 1. The molecule has 3 aliphatic heterocycles. The molecule has 2 amide bonds. The number of esters is 1. The minimum atomic E-state index is -1.25. The number of carbonyl (C=O) groups is 3. The molecule has 3 heterocycles. The largest absolute Gasteiger partial charge is 0.465 e. The number of benzene rings is 1. The number of anilines is 1. The van der Waals surface area contributed by atoms with Gasteiger partial charge < -0.3 is 24.4 Å². The Bertz CT molecular complexity index is 1180. The van der Waals surface area contributed by atoms with Gasteiger partial charge in [-0.1, -0.05) is 56.2 Å². The van der Waals surface area contributed by atoms with E-state index in [9.17, 15) is 19.5 Å². The first kappa shape index (κ1) is 31.3. The van der Waals surface area contributed by atoms with Gasteiger partial charge in [0.05, 0.1) is 41.5 Å². The van der Waals surface area contributed by atoms with Crippen LogP contribution in [-0.4, -0.2) is 70.8 Å². The molecule has 1 aromatic rings. The monoisotopic (exact) mass is 586 g/mol. The van der Waals surface area contributed by atoms with Gasteiger partial charge in [-0.3, -0.25) is 14.4 Å². The number of fused-ring (bicyclic) bond motifs is 1. The molecule has 41 heavy (non-hydrogen) atoms. The number of aryl methyl sites for hydroxylation is 1. The van der Waals surface area contributed by atoms with Crippen molar-refractivity contribution in [1.29, 1.82) is 0 Å². The summed E-state index contributed by atoms with van der Waals surface area (Å²) in [6.45, 7) is 15.3. The number of ether oxygens (including phenoxy) is 2. The van der Waals surface area contributed by atoms with Gasteiger partial charge >= 0.3 is 5.97 Å². The van der Waals surface area contributed by atoms with Crippen molar-refractivity contribution in [3.8, 4) is 0 Å². The van der Waals surface area contributed by atoms with E-state index >= 15 is 0 Å². The number of aliphatic hydroxyl groups excluding tert-OH is 1. The van der Waals surface area contributed by atoms with Crippen molar-refractivity contribution in [1.82, 2.24) is 4.90 Å². The molecular weight excluding hydrogens is 544 g/mol. The van der Waals surface area contributed by atoms with Crippen LogP contribution in [0.1, 0.15) is 58.4 Å². The van der Waals surface area contributed by atoms with Gasteiger partial charge in [0.2, 0.25) is 5.91 Å². The Kier molecular flexibility index (Phi) is 9.36. The quantitative estimate of drug-likeness (QED) is 0.202. The van der Waals surface area contributed by atoms with Crippen LogP contribution >= 0.6 is 11.6 Å². The summed E-state index contributed by atoms with van der Waals surface area (Å²) in [6.07, 6.45) is 6.32. The maximum atomic E-state index is 14.8. The second-order valence-corrected chi connectivity index (χ2v) is 12.3. The number of likely N-dealkylation sites (tertiary alicyclic amines) is 1. The van der Waals surface area contributed by atoms with Gasteiger partial charge in [-0.05, 0) is 57.1 Å². The van der Waals surface area contributed by atoms with Crippen molar-refractivity contribution in [3.05, 3.63) is 54.1 Å². The third-order valence-electron chi connectivity index (χ3n) is 9.38. The third-order valence-corrected chi connectivity index (χ3v) is 9.69. The molecule has 7 atom stereocenters. The lowest BCUT2D eigenvalue weighted by molar-refractivity contribution is -0.161. The fourth-order valence-corrected chi connectivity index (χ4v) is 7.52. The summed E-state index contributed by atoms with van der Waals surface area (Å²) in [7, 11) is 0. The van der Waals surface area contributed by atoms with E-state index in [0.717, 1.165) is 5.56 Å². The van der Waals surface area contributed by atoms with Crippen molar-refractivity contribution in [2.24, 2.45) is 17.8 Å². The van der Waals surface area contributed by atoms with Crippen LogP contribution in [0.25, 0.3) is 0 Å². The van der Waals surface area contributed by atoms with Crippen LogP contribution in [0, 0.1) is 24.7 Å². The first-order chi connectivity index (χ1) is 19.5. The van der Waals surface area contributed by atoms with Crippen molar-refractivity contribution < 1.29 is 29.0 Å². The van der Waals surface area contributed by atoms with E-state index < -0.39 is 41.1 Å². The highest BCUT2D eigenvalue weighted by Gasteiger charge is 2.79. The molecule has 2 bridgehead atoms. The number of para-hydroxylation sites is 1. The lowest BCUT2D eigenvalue weighted by atomic mass is 9.66. The zero-order chi connectivity index (χ0) is 30.1. The summed E-state index contributed by atoms with van der Waals surface area (Å²) < 4.78 is 12.4. The Hall–Kier alpha value is -2.68. The maximum Gasteiger partial charge on any atom is 0.312 e. The van der Waals surface area contributed by atoms with Crippen molar-refractivity contribution in [3.63, 3.8) is 0 Å². The number of hydrogen-bond acceptors (Lipinski definition) is 6. The summed E-state index contributed by atoms with van der Waals surface area (Å²) >= 11 is 6.64. The molecule has 0 radical (unpaired) electrons. The number of amides is 2. The van der Waals surface area contributed by atoms with Crippen molar-refractivity contribution in [2.75, 3.05) is 24.7 Å². The van der Waals surface area contributed by atoms with Gasteiger partial charge in [-0.2, -0.15) is 0 Å². The summed E-state index contributed by atoms with van der Waals surface area (Å²) in [5.74, 6) is -3.09. The average Bonchev–Trinajstić information content (AvgIpc) is 3.51. The number of carbonyl (C=O) groups excluding carboxylic acids is 3. The lowest BCUT2D eigenvalue weighted by Gasteiger charge is -2.41. The molecule has 4 rings (SSSR count). The summed E-state index contributed by atoms with van der Waals surface area (Å²) in [5.41, 5.74) is -0.867. The molecule has 1 N–H and O–H groups in total. The van der Waals surface area contributed by atoms with Crippen LogP contribution in [0.3, 0.4) is 0 Å². The molecule has 3 aliphatic rings. The van der Waals surface area contributed by atoms with Crippen molar-refractivity contribution in [2.45, 2.75) is 83.1 Å². The molecule has 1 spiro atoms. The number of allylic oxidation sites excluding steroid dienone is 1. The Morgan fingerprint density at radius 2 is 2.05 bits per heavy atom. The van der Waals surface area contributed by atoms with E-state index in [0.29, 0.717) is 42.8 Å². The fraction of sp³-hybridized carbons (Fsp3) is 0.594. The van der Waals surface area contributed by atoms with E-state index in [1.807, 2.05) is 39.8 Å². The third kappa shape index (κ3) is 5.12. The Labute approximate surface area is 248 Å². The summed E-state index contributed by atoms with van der Waals surface area (Å²) in [5, 5.41) is 11.0. The van der Waals surface area contributed by atoms with E-state index in [1.54, 1.807) is 23.1 Å². The van der Waals surface area contributed by atoms with Crippen LogP contribution < -0.4 is 4.90 Å². The van der Waals surface area contributed by atoms with E-state index in [4.69, 9.17) is 21.1 Å².